The highest BCUT2D eigenvalue weighted by Gasteiger charge is 2.19. The van der Waals surface area contributed by atoms with Crippen molar-refractivity contribution in [3.63, 3.8) is 0 Å². The van der Waals surface area contributed by atoms with Crippen molar-refractivity contribution < 1.29 is 5.11 Å². The molecule has 2 atom stereocenters. The molecule has 1 aliphatic carbocycles. The maximum atomic E-state index is 8.57. The normalized spacial score (nSPS) is 29.8. The second-order valence-corrected chi connectivity index (χ2v) is 3.51. The molecule has 0 aromatic heterocycles. The fourth-order valence-corrected chi connectivity index (χ4v) is 1.80. The van der Waals surface area contributed by atoms with E-state index in [1.807, 2.05) is 0 Å². The predicted octanol–water partition coefficient (Wildman–Crippen LogP) is 2.53. The zero-order chi connectivity index (χ0) is 8.81. The lowest BCUT2D eigenvalue weighted by atomic mass is 10.0. The fourth-order valence-electron chi connectivity index (χ4n) is 1.80. The fraction of sp³-hybridized carbons (Fsp3) is 0.636. The van der Waals surface area contributed by atoms with Gasteiger partial charge in [-0.1, -0.05) is 18.2 Å². The van der Waals surface area contributed by atoms with Crippen molar-refractivity contribution in [2.24, 2.45) is 11.8 Å². The molecule has 12 heavy (non-hydrogen) atoms. The molecule has 2 unspecified atom stereocenters. The highest BCUT2D eigenvalue weighted by molar-refractivity contribution is 4.96. The van der Waals surface area contributed by atoms with Crippen molar-refractivity contribution in [2.75, 3.05) is 6.61 Å². The molecule has 0 bridgehead atoms. The Labute approximate surface area is 74.8 Å². The third-order valence-corrected chi connectivity index (χ3v) is 2.55. The monoisotopic (exact) mass is 166 g/mol. The predicted molar refractivity (Wildman–Crippen MR) is 51.9 cm³/mol. The van der Waals surface area contributed by atoms with E-state index in [1.165, 1.54) is 19.3 Å². The van der Waals surface area contributed by atoms with Gasteiger partial charge in [-0.05, 0) is 37.5 Å². The van der Waals surface area contributed by atoms with Gasteiger partial charge in [-0.3, -0.25) is 0 Å². The largest absolute Gasteiger partial charge is 0.396 e. The van der Waals surface area contributed by atoms with Crippen molar-refractivity contribution in [1.82, 2.24) is 0 Å². The summed E-state index contributed by atoms with van der Waals surface area (Å²) in [7, 11) is 0. The van der Waals surface area contributed by atoms with Gasteiger partial charge in [0, 0.05) is 6.61 Å². The molecule has 0 aliphatic heterocycles. The highest BCUT2D eigenvalue weighted by atomic mass is 16.2. The van der Waals surface area contributed by atoms with E-state index in [0.717, 1.165) is 18.3 Å². The Morgan fingerprint density at radius 1 is 1.33 bits per heavy atom. The molecular formula is C11H18O. The maximum absolute atomic E-state index is 8.57. The summed E-state index contributed by atoms with van der Waals surface area (Å²) < 4.78 is 0. The zero-order valence-corrected chi connectivity index (χ0v) is 7.58. The Morgan fingerprint density at radius 2 is 2.08 bits per heavy atom. The first-order valence-electron chi connectivity index (χ1n) is 4.77. The molecule has 1 nitrogen and oxygen atoms in total. The third-order valence-electron chi connectivity index (χ3n) is 2.55. The zero-order valence-electron chi connectivity index (χ0n) is 7.58. The summed E-state index contributed by atoms with van der Waals surface area (Å²) in [5.74, 6) is 1.47. The van der Waals surface area contributed by atoms with E-state index in [2.05, 4.69) is 24.8 Å². The van der Waals surface area contributed by atoms with Gasteiger partial charge >= 0.3 is 0 Å². The average Bonchev–Trinajstić information content (AvgIpc) is 2.53. The summed E-state index contributed by atoms with van der Waals surface area (Å²) in [6.07, 6.45) is 11.0. The Balaban J connectivity index is 2.22. The molecule has 0 saturated heterocycles. The second-order valence-electron chi connectivity index (χ2n) is 3.51. The van der Waals surface area contributed by atoms with Crippen LogP contribution in [-0.2, 0) is 0 Å². The molecule has 1 N–H and O–H groups in total. The van der Waals surface area contributed by atoms with Crippen molar-refractivity contribution >= 4 is 0 Å². The van der Waals surface area contributed by atoms with Crippen LogP contribution in [0.15, 0.2) is 24.8 Å². The summed E-state index contributed by atoms with van der Waals surface area (Å²) in [4.78, 5) is 0. The second kappa shape index (κ2) is 5.15. The molecule has 1 aliphatic rings. The average molecular weight is 166 g/mol. The molecule has 1 fully saturated rings. The van der Waals surface area contributed by atoms with Crippen LogP contribution < -0.4 is 0 Å². The number of rotatable bonds is 4. The van der Waals surface area contributed by atoms with E-state index in [4.69, 9.17) is 5.11 Å². The molecule has 0 amide bonds. The van der Waals surface area contributed by atoms with Crippen LogP contribution in [0.3, 0.4) is 0 Å². The molecular weight excluding hydrogens is 148 g/mol. The van der Waals surface area contributed by atoms with Gasteiger partial charge in [0.25, 0.3) is 0 Å². The SMILES string of the molecule is C=CC1CCC(C=CCCO)C1. The van der Waals surface area contributed by atoms with Gasteiger partial charge in [0.15, 0.2) is 0 Å². The summed E-state index contributed by atoms with van der Waals surface area (Å²) >= 11 is 0. The van der Waals surface area contributed by atoms with E-state index >= 15 is 0 Å². The van der Waals surface area contributed by atoms with Crippen LogP contribution in [0.2, 0.25) is 0 Å². The molecule has 68 valence electrons. The molecule has 1 heteroatoms. The van der Waals surface area contributed by atoms with Crippen molar-refractivity contribution in [2.45, 2.75) is 25.7 Å². The van der Waals surface area contributed by atoms with Crippen molar-refractivity contribution in [3.05, 3.63) is 24.8 Å². The van der Waals surface area contributed by atoms with Crippen LogP contribution in [0.5, 0.6) is 0 Å². The lowest BCUT2D eigenvalue weighted by Gasteiger charge is -2.01. The number of aliphatic hydroxyl groups excluding tert-OH is 1. The Hall–Kier alpha value is -0.560. The van der Waals surface area contributed by atoms with E-state index in [1.54, 1.807) is 0 Å². The number of hydrogen-bond acceptors (Lipinski definition) is 1. The quantitative estimate of drug-likeness (QED) is 0.636. The first-order valence-corrected chi connectivity index (χ1v) is 4.77. The first-order chi connectivity index (χ1) is 5.86. The van der Waals surface area contributed by atoms with E-state index in [-0.39, 0.29) is 6.61 Å². The van der Waals surface area contributed by atoms with E-state index in [9.17, 15) is 0 Å². The van der Waals surface area contributed by atoms with Crippen LogP contribution in [0.4, 0.5) is 0 Å². The summed E-state index contributed by atoms with van der Waals surface area (Å²) in [5.41, 5.74) is 0. The molecule has 0 heterocycles. The Bertz CT molecular complexity index is 160. The maximum Gasteiger partial charge on any atom is 0.0465 e. The number of hydrogen-bond donors (Lipinski definition) is 1. The molecule has 0 spiro atoms. The molecule has 0 aromatic carbocycles. The highest BCUT2D eigenvalue weighted by Crippen LogP contribution is 2.32. The topological polar surface area (TPSA) is 20.2 Å². The minimum absolute atomic E-state index is 0.272. The van der Waals surface area contributed by atoms with Gasteiger partial charge in [0.05, 0.1) is 0 Å². The van der Waals surface area contributed by atoms with Crippen LogP contribution in [0.25, 0.3) is 0 Å². The Kier molecular flexibility index (Phi) is 4.09. The Morgan fingerprint density at radius 3 is 2.67 bits per heavy atom. The molecule has 0 radical (unpaired) electrons. The summed E-state index contributed by atoms with van der Waals surface area (Å²) in [6.45, 7) is 4.08. The minimum atomic E-state index is 0.272. The third kappa shape index (κ3) is 2.82. The molecule has 1 saturated carbocycles. The molecule has 0 aromatic rings. The summed E-state index contributed by atoms with van der Waals surface area (Å²) in [6, 6.07) is 0. The van der Waals surface area contributed by atoms with Crippen molar-refractivity contribution in [1.29, 1.82) is 0 Å². The lowest BCUT2D eigenvalue weighted by Crippen LogP contribution is -1.90. The van der Waals surface area contributed by atoms with Crippen LogP contribution >= 0.6 is 0 Å². The molecule has 1 rings (SSSR count). The standard InChI is InChI=1S/C11H18O/c1-2-10-6-7-11(9-10)5-3-4-8-12/h2-3,5,10-12H,1,4,6-9H2. The van der Waals surface area contributed by atoms with Crippen LogP contribution in [0.1, 0.15) is 25.7 Å². The van der Waals surface area contributed by atoms with Crippen LogP contribution in [-0.4, -0.2) is 11.7 Å². The van der Waals surface area contributed by atoms with Gasteiger partial charge in [0.1, 0.15) is 0 Å². The van der Waals surface area contributed by atoms with Crippen molar-refractivity contribution in [3.8, 4) is 0 Å². The minimum Gasteiger partial charge on any atom is -0.396 e. The van der Waals surface area contributed by atoms with Gasteiger partial charge < -0.3 is 5.11 Å². The first kappa shape index (κ1) is 9.53. The van der Waals surface area contributed by atoms with E-state index < -0.39 is 0 Å². The van der Waals surface area contributed by atoms with Crippen LogP contribution in [0, 0.1) is 11.8 Å². The van der Waals surface area contributed by atoms with Gasteiger partial charge in [-0.2, -0.15) is 0 Å². The summed E-state index contributed by atoms with van der Waals surface area (Å²) in [5, 5.41) is 8.57. The number of aliphatic hydroxyl groups is 1. The lowest BCUT2D eigenvalue weighted by molar-refractivity contribution is 0.302. The van der Waals surface area contributed by atoms with Gasteiger partial charge in [0.2, 0.25) is 0 Å². The van der Waals surface area contributed by atoms with E-state index in [0.29, 0.717) is 0 Å². The number of allylic oxidation sites excluding steroid dienone is 2. The van der Waals surface area contributed by atoms with Gasteiger partial charge in [-0.25, -0.2) is 0 Å². The van der Waals surface area contributed by atoms with Gasteiger partial charge in [-0.15, -0.1) is 6.58 Å². The smallest absolute Gasteiger partial charge is 0.0465 e.